The van der Waals surface area contributed by atoms with E-state index in [1.165, 1.54) is 51.4 Å². The highest BCUT2D eigenvalue weighted by molar-refractivity contribution is 5.89. The minimum atomic E-state index is -0.663. The van der Waals surface area contributed by atoms with Crippen LogP contribution in [0.15, 0.2) is 0 Å². The predicted octanol–water partition coefficient (Wildman–Crippen LogP) is 2.71. The zero-order valence-corrected chi connectivity index (χ0v) is 25.5. The molecule has 3 atom stereocenters. The molecule has 0 aliphatic heterocycles. The molecule has 0 fully saturated rings. The van der Waals surface area contributed by atoms with Crippen LogP contribution < -0.4 is 38.9 Å². The molecule has 40 heavy (non-hydrogen) atoms. The number of hydrogen-bond donors (Lipinski definition) is 7. The van der Waals surface area contributed by atoms with Crippen LogP contribution in [-0.2, 0) is 14.4 Å². The van der Waals surface area contributed by atoms with Crippen molar-refractivity contribution in [3.63, 3.8) is 0 Å². The first-order valence-corrected chi connectivity index (χ1v) is 16.1. The topological polar surface area (TPSA) is 191 Å². The number of carbonyl (C=O) groups excluding carboxylic acids is 3. The van der Waals surface area contributed by atoms with Gasteiger partial charge in [0.2, 0.25) is 17.7 Å². The van der Waals surface area contributed by atoms with Crippen LogP contribution >= 0.6 is 0 Å². The quantitative estimate of drug-likeness (QED) is 0.0704. The molecule has 10 heteroatoms. The third kappa shape index (κ3) is 22.0. The summed E-state index contributed by atoms with van der Waals surface area (Å²) in [5.74, 6) is -0.656. The third-order valence-corrected chi connectivity index (χ3v) is 7.29. The van der Waals surface area contributed by atoms with Gasteiger partial charge in [-0.2, -0.15) is 0 Å². The Morgan fingerprint density at radius 1 is 0.525 bits per heavy atom. The standard InChI is InChI=1S/C30H63N7O3/c1-2-3-4-5-6-7-8-9-10-16-23-36-30(40)27(37-29(39)26(34)19-12-15-22-32)20-13-17-24-35-28(38)25(33)18-11-14-21-31/h25-27H,2-24,31-34H2,1H3,(H,35,38)(H,36,40)(H,37,39)/t25-,26-,27-/m0/s1. The molecule has 0 aliphatic rings. The molecule has 0 aromatic carbocycles. The Balaban J connectivity index is 4.46. The first-order chi connectivity index (χ1) is 19.4. The Morgan fingerprint density at radius 3 is 1.48 bits per heavy atom. The van der Waals surface area contributed by atoms with Gasteiger partial charge in [0, 0.05) is 13.1 Å². The lowest BCUT2D eigenvalue weighted by atomic mass is 10.1. The highest BCUT2D eigenvalue weighted by Crippen LogP contribution is 2.10. The smallest absolute Gasteiger partial charge is 0.242 e. The molecule has 0 aromatic heterocycles. The third-order valence-electron chi connectivity index (χ3n) is 7.29. The minimum Gasteiger partial charge on any atom is -0.355 e. The minimum absolute atomic E-state index is 0.167. The van der Waals surface area contributed by atoms with Crippen molar-refractivity contribution in [1.29, 1.82) is 0 Å². The van der Waals surface area contributed by atoms with Crippen LogP contribution in [0.1, 0.15) is 129 Å². The molecule has 236 valence electrons. The monoisotopic (exact) mass is 569 g/mol. The second-order valence-electron chi connectivity index (χ2n) is 11.1. The molecule has 0 saturated carbocycles. The average Bonchev–Trinajstić information content (AvgIpc) is 2.94. The summed E-state index contributed by atoms with van der Waals surface area (Å²) in [6, 6.07) is -1.84. The van der Waals surface area contributed by atoms with Crippen molar-refractivity contribution in [2.45, 2.75) is 147 Å². The second-order valence-corrected chi connectivity index (χ2v) is 11.1. The molecule has 0 saturated heterocycles. The van der Waals surface area contributed by atoms with E-state index in [1.54, 1.807) is 0 Å². The van der Waals surface area contributed by atoms with Gasteiger partial charge < -0.3 is 38.9 Å². The van der Waals surface area contributed by atoms with Gasteiger partial charge in [-0.15, -0.1) is 0 Å². The van der Waals surface area contributed by atoms with E-state index < -0.39 is 18.1 Å². The molecule has 0 unspecified atom stereocenters. The molecule has 0 bridgehead atoms. The van der Waals surface area contributed by atoms with Crippen molar-refractivity contribution in [2.24, 2.45) is 22.9 Å². The molecule has 0 rings (SSSR count). The fourth-order valence-corrected chi connectivity index (χ4v) is 4.59. The van der Waals surface area contributed by atoms with Gasteiger partial charge >= 0.3 is 0 Å². The van der Waals surface area contributed by atoms with Gasteiger partial charge in [0.25, 0.3) is 0 Å². The molecule has 0 aliphatic carbocycles. The lowest BCUT2D eigenvalue weighted by Crippen LogP contribution is -2.51. The van der Waals surface area contributed by atoms with Crippen molar-refractivity contribution >= 4 is 17.7 Å². The molecular weight excluding hydrogens is 506 g/mol. The van der Waals surface area contributed by atoms with Gasteiger partial charge in [-0.25, -0.2) is 0 Å². The number of nitrogens with one attached hydrogen (secondary N) is 3. The maximum atomic E-state index is 12.9. The molecule has 10 nitrogen and oxygen atoms in total. The SMILES string of the molecule is CCCCCCCCCCCCNC(=O)[C@H](CCCCNC(=O)[C@@H](N)CCCCN)NC(=O)[C@@H](N)CCCCN. The van der Waals surface area contributed by atoms with Gasteiger partial charge in [-0.3, -0.25) is 14.4 Å². The summed E-state index contributed by atoms with van der Waals surface area (Å²) in [7, 11) is 0. The van der Waals surface area contributed by atoms with Crippen LogP contribution in [0.2, 0.25) is 0 Å². The fraction of sp³-hybridized carbons (Fsp3) is 0.900. The molecule has 11 N–H and O–H groups in total. The van der Waals surface area contributed by atoms with Crippen molar-refractivity contribution in [1.82, 2.24) is 16.0 Å². The van der Waals surface area contributed by atoms with E-state index in [4.69, 9.17) is 22.9 Å². The van der Waals surface area contributed by atoms with Gasteiger partial charge in [0.15, 0.2) is 0 Å². The molecule has 0 spiro atoms. The summed E-state index contributed by atoms with van der Waals surface area (Å²) in [6.07, 6.45) is 18.6. The van der Waals surface area contributed by atoms with E-state index in [-0.39, 0.29) is 17.7 Å². The number of nitrogens with two attached hydrogens (primary N) is 4. The molecule has 3 amide bonds. The zero-order valence-electron chi connectivity index (χ0n) is 25.5. The fourth-order valence-electron chi connectivity index (χ4n) is 4.59. The normalized spacial score (nSPS) is 13.4. The van der Waals surface area contributed by atoms with E-state index in [1.807, 2.05) is 0 Å². The Labute approximate surface area is 244 Å². The lowest BCUT2D eigenvalue weighted by Gasteiger charge is -2.21. The van der Waals surface area contributed by atoms with E-state index in [2.05, 4.69) is 22.9 Å². The lowest BCUT2D eigenvalue weighted by molar-refractivity contribution is -0.129. The van der Waals surface area contributed by atoms with E-state index >= 15 is 0 Å². The highest BCUT2D eigenvalue weighted by atomic mass is 16.2. The molecule has 0 heterocycles. The average molecular weight is 570 g/mol. The van der Waals surface area contributed by atoms with Crippen molar-refractivity contribution < 1.29 is 14.4 Å². The molecule has 0 radical (unpaired) electrons. The number of carbonyl (C=O) groups is 3. The van der Waals surface area contributed by atoms with Crippen molar-refractivity contribution in [3.05, 3.63) is 0 Å². The van der Waals surface area contributed by atoms with E-state index in [0.717, 1.165) is 38.5 Å². The number of unbranched alkanes of at least 4 members (excludes halogenated alkanes) is 12. The number of amides is 3. The number of rotatable bonds is 28. The van der Waals surface area contributed by atoms with Gasteiger partial charge in [0.1, 0.15) is 6.04 Å². The Bertz CT molecular complexity index is 636. The summed E-state index contributed by atoms with van der Waals surface area (Å²) in [5, 5.41) is 8.71. The summed E-state index contributed by atoms with van der Waals surface area (Å²) in [5.41, 5.74) is 23.0. The molecule has 0 aromatic rings. The Morgan fingerprint density at radius 2 is 0.950 bits per heavy atom. The highest BCUT2D eigenvalue weighted by Gasteiger charge is 2.23. The van der Waals surface area contributed by atoms with Crippen LogP contribution in [0.5, 0.6) is 0 Å². The van der Waals surface area contributed by atoms with Gasteiger partial charge in [-0.1, -0.05) is 77.6 Å². The second kappa shape index (κ2) is 27.4. The maximum Gasteiger partial charge on any atom is 0.242 e. The summed E-state index contributed by atoms with van der Waals surface area (Å²) < 4.78 is 0. The first kappa shape index (κ1) is 38.2. The van der Waals surface area contributed by atoms with Gasteiger partial charge in [-0.05, 0) is 64.5 Å². The summed E-state index contributed by atoms with van der Waals surface area (Å²) >= 11 is 0. The summed E-state index contributed by atoms with van der Waals surface area (Å²) in [6.45, 7) is 4.47. The first-order valence-electron chi connectivity index (χ1n) is 16.1. The Kier molecular flexibility index (Phi) is 26.2. The van der Waals surface area contributed by atoms with Crippen LogP contribution in [0.25, 0.3) is 0 Å². The zero-order chi connectivity index (χ0) is 29.8. The summed E-state index contributed by atoms with van der Waals surface area (Å²) in [4.78, 5) is 37.7. The molecular formula is C30H63N7O3. The Hall–Kier alpha value is -1.75. The van der Waals surface area contributed by atoms with Crippen LogP contribution in [0.4, 0.5) is 0 Å². The van der Waals surface area contributed by atoms with Gasteiger partial charge in [0.05, 0.1) is 12.1 Å². The van der Waals surface area contributed by atoms with Crippen molar-refractivity contribution in [3.8, 4) is 0 Å². The largest absolute Gasteiger partial charge is 0.355 e. The van der Waals surface area contributed by atoms with E-state index in [9.17, 15) is 14.4 Å². The van der Waals surface area contributed by atoms with E-state index in [0.29, 0.717) is 58.3 Å². The van der Waals surface area contributed by atoms with Crippen LogP contribution in [0, 0.1) is 0 Å². The maximum absolute atomic E-state index is 12.9. The van der Waals surface area contributed by atoms with Crippen LogP contribution in [0.3, 0.4) is 0 Å². The predicted molar refractivity (Wildman–Crippen MR) is 165 cm³/mol. The van der Waals surface area contributed by atoms with Crippen molar-refractivity contribution in [2.75, 3.05) is 26.2 Å². The van der Waals surface area contributed by atoms with Crippen LogP contribution in [-0.4, -0.2) is 62.0 Å². The number of hydrogen-bond acceptors (Lipinski definition) is 7.